The molecule has 0 aromatic heterocycles. The van der Waals surface area contributed by atoms with Crippen molar-refractivity contribution in [2.24, 2.45) is 17.8 Å². The minimum absolute atomic E-state index is 0.0127. The van der Waals surface area contributed by atoms with Crippen LogP contribution in [0.2, 0.25) is 0 Å². The minimum atomic E-state index is -0.116. The molecule has 37 heavy (non-hydrogen) atoms. The van der Waals surface area contributed by atoms with Crippen LogP contribution in [0.5, 0.6) is 0 Å². The molecule has 3 rings (SSSR count). The molecule has 3 unspecified atom stereocenters. The van der Waals surface area contributed by atoms with Crippen molar-refractivity contribution in [3.05, 3.63) is 58.2 Å². The summed E-state index contributed by atoms with van der Waals surface area (Å²) in [6, 6.07) is 4.04. The lowest BCUT2D eigenvalue weighted by atomic mass is 9.72. The summed E-state index contributed by atoms with van der Waals surface area (Å²) in [4.78, 5) is 50.2. The third kappa shape index (κ3) is 8.45. The molecule has 0 saturated carbocycles. The van der Waals surface area contributed by atoms with Gasteiger partial charge in [0.25, 0.3) is 0 Å². The number of fused-ring (bicyclic) bond motifs is 1. The van der Waals surface area contributed by atoms with Crippen molar-refractivity contribution in [1.82, 2.24) is 0 Å². The predicted octanol–water partition coefficient (Wildman–Crippen LogP) is 7.54. The smallest absolute Gasteiger partial charge is 0.163 e. The molecule has 0 saturated heterocycles. The van der Waals surface area contributed by atoms with Crippen molar-refractivity contribution >= 4 is 23.1 Å². The Balaban J connectivity index is 0.00000153. The second kappa shape index (κ2) is 15.0. The first-order valence-corrected chi connectivity index (χ1v) is 14.2. The molecule has 0 radical (unpaired) electrons. The first-order valence-electron chi connectivity index (χ1n) is 14.2. The molecular weight excluding hydrogens is 460 g/mol. The molecule has 2 aliphatic rings. The summed E-state index contributed by atoms with van der Waals surface area (Å²) in [5.41, 5.74) is 4.57. The van der Waals surface area contributed by atoms with Crippen LogP contribution in [0.1, 0.15) is 113 Å². The first-order chi connectivity index (χ1) is 17.7. The quantitative estimate of drug-likeness (QED) is 0.275. The summed E-state index contributed by atoms with van der Waals surface area (Å²) < 4.78 is 0. The number of rotatable bonds is 12. The van der Waals surface area contributed by atoms with E-state index in [1.807, 2.05) is 44.2 Å². The van der Waals surface area contributed by atoms with Gasteiger partial charge in [0, 0.05) is 24.3 Å². The highest BCUT2D eigenvalue weighted by Gasteiger charge is 2.33. The second-order valence-corrected chi connectivity index (χ2v) is 10.9. The van der Waals surface area contributed by atoms with Gasteiger partial charge >= 0.3 is 0 Å². The number of carbonyl (C=O) groups is 4. The monoisotopic (exact) mass is 506 g/mol. The highest BCUT2D eigenvalue weighted by molar-refractivity contribution is 6.02. The summed E-state index contributed by atoms with van der Waals surface area (Å²) >= 11 is 0. The largest absolute Gasteiger partial charge is 0.300 e. The van der Waals surface area contributed by atoms with Gasteiger partial charge < -0.3 is 0 Å². The fraction of sp³-hybridized carbons (Fsp3) is 0.576. The Morgan fingerprint density at radius 2 is 1.76 bits per heavy atom. The maximum absolute atomic E-state index is 13.3. The lowest BCUT2D eigenvalue weighted by Gasteiger charge is -2.32. The van der Waals surface area contributed by atoms with E-state index in [2.05, 4.69) is 20.8 Å². The molecule has 0 amide bonds. The number of benzene rings is 1. The molecule has 4 heteroatoms. The SMILES string of the molecule is CCC.CCCC(CC1CC(=O)c2c(ccc(CC(=O)C3=CC=CC3)c2C)C1)C(CC)C(=O)CC(C)=O. The van der Waals surface area contributed by atoms with E-state index in [1.54, 1.807) is 0 Å². The van der Waals surface area contributed by atoms with Crippen LogP contribution < -0.4 is 0 Å². The summed E-state index contributed by atoms with van der Waals surface area (Å²) in [6.45, 7) is 11.8. The van der Waals surface area contributed by atoms with Gasteiger partial charge in [-0.2, -0.15) is 0 Å². The zero-order valence-electron chi connectivity index (χ0n) is 23.8. The Morgan fingerprint density at radius 3 is 2.32 bits per heavy atom. The third-order valence-electron chi connectivity index (χ3n) is 7.55. The molecule has 0 fully saturated rings. The zero-order valence-corrected chi connectivity index (χ0v) is 23.8. The van der Waals surface area contributed by atoms with Crippen LogP contribution >= 0.6 is 0 Å². The molecule has 0 bridgehead atoms. The van der Waals surface area contributed by atoms with Gasteiger partial charge in [-0.05, 0) is 73.6 Å². The van der Waals surface area contributed by atoms with Crippen LogP contribution in [0.25, 0.3) is 0 Å². The maximum atomic E-state index is 13.3. The molecule has 1 aromatic rings. The topological polar surface area (TPSA) is 68.3 Å². The van der Waals surface area contributed by atoms with Crippen LogP contribution in [0.4, 0.5) is 0 Å². The number of ketones is 4. The summed E-state index contributed by atoms with van der Waals surface area (Å²) in [6.07, 6.45) is 12.9. The van der Waals surface area contributed by atoms with Gasteiger partial charge in [0.1, 0.15) is 11.6 Å². The van der Waals surface area contributed by atoms with E-state index in [0.717, 1.165) is 59.9 Å². The van der Waals surface area contributed by atoms with Crippen molar-refractivity contribution < 1.29 is 19.2 Å². The first kappa shape index (κ1) is 30.6. The van der Waals surface area contributed by atoms with Crippen molar-refractivity contribution in [2.75, 3.05) is 0 Å². The highest BCUT2D eigenvalue weighted by atomic mass is 16.1. The minimum Gasteiger partial charge on any atom is -0.300 e. The van der Waals surface area contributed by atoms with Gasteiger partial charge in [-0.25, -0.2) is 0 Å². The Kier molecular flexibility index (Phi) is 12.4. The Labute approximate surface area is 224 Å². The van der Waals surface area contributed by atoms with E-state index in [9.17, 15) is 19.2 Å². The molecule has 2 aliphatic carbocycles. The molecule has 0 spiro atoms. The van der Waals surface area contributed by atoms with E-state index in [0.29, 0.717) is 19.3 Å². The average molecular weight is 507 g/mol. The highest BCUT2D eigenvalue weighted by Crippen LogP contribution is 2.37. The Morgan fingerprint density at radius 1 is 1.05 bits per heavy atom. The van der Waals surface area contributed by atoms with Gasteiger partial charge in [-0.3, -0.25) is 19.2 Å². The standard InChI is InChI=1S/C30H38O4.C3H8/c1-5-9-24(26(6-2)28(33)14-19(3)31)15-21-16-25-13-12-23(20(4)30(25)29(34)17-21)18-27(32)22-10-7-8-11-22;1-3-2/h7-8,10,12-13,21,24,26H,5-6,9,11,14-18H2,1-4H3;3H2,1-2H3. The van der Waals surface area contributed by atoms with Crippen LogP contribution in [0.15, 0.2) is 35.9 Å². The fourth-order valence-corrected chi connectivity index (χ4v) is 5.90. The second-order valence-electron chi connectivity index (χ2n) is 10.9. The zero-order chi connectivity index (χ0) is 27.5. The third-order valence-corrected chi connectivity index (χ3v) is 7.55. The van der Waals surface area contributed by atoms with E-state index < -0.39 is 0 Å². The molecule has 0 heterocycles. The van der Waals surface area contributed by atoms with Gasteiger partial charge in [0.15, 0.2) is 11.6 Å². The lowest BCUT2D eigenvalue weighted by Crippen LogP contribution is -2.30. The number of carbonyl (C=O) groups excluding carboxylic acids is 4. The Hall–Kier alpha value is -2.62. The van der Waals surface area contributed by atoms with Crippen LogP contribution in [0, 0.1) is 24.7 Å². The van der Waals surface area contributed by atoms with E-state index in [4.69, 9.17) is 0 Å². The average Bonchev–Trinajstić information content (AvgIpc) is 3.36. The van der Waals surface area contributed by atoms with Crippen LogP contribution in [-0.4, -0.2) is 23.1 Å². The summed E-state index contributed by atoms with van der Waals surface area (Å²) in [5, 5.41) is 0. The van der Waals surface area contributed by atoms with E-state index >= 15 is 0 Å². The fourth-order valence-electron chi connectivity index (χ4n) is 5.90. The van der Waals surface area contributed by atoms with Gasteiger partial charge in [0.2, 0.25) is 0 Å². The van der Waals surface area contributed by atoms with Crippen molar-refractivity contribution in [2.45, 2.75) is 106 Å². The molecule has 0 N–H and O–H groups in total. The number of Topliss-reactive ketones (excluding diaryl/α,β-unsaturated/α-hetero) is 4. The normalized spacial score (nSPS) is 17.8. The van der Waals surface area contributed by atoms with Crippen LogP contribution in [0.3, 0.4) is 0 Å². The molecule has 202 valence electrons. The van der Waals surface area contributed by atoms with Gasteiger partial charge in [0.05, 0.1) is 6.42 Å². The van der Waals surface area contributed by atoms with Crippen molar-refractivity contribution in [3.8, 4) is 0 Å². The van der Waals surface area contributed by atoms with Crippen molar-refractivity contribution in [3.63, 3.8) is 0 Å². The predicted molar refractivity (Wildman–Crippen MR) is 151 cm³/mol. The number of hydrogen-bond acceptors (Lipinski definition) is 4. The molecule has 1 aromatic carbocycles. The van der Waals surface area contributed by atoms with Crippen molar-refractivity contribution in [1.29, 1.82) is 0 Å². The molecular formula is C33H46O4. The summed E-state index contributed by atoms with van der Waals surface area (Å²) in [5.74, 6) is 0.537. The molecule has 4 nitrogen and oxygen atoms in total. The molecule has 3 atom stereocenters. The molecule has 0 aliphatic heterocycles. The van der Waals surface area contributed by atoms with E-state index in [1.165, 1.54) is 13.3 Å². The van der Waals surface area contributed by atoms with Gasteiger partial charge in [-0.15, -0.1) is 0 Å². The number of allylic oxidation sites excluding steroid dienone is 4. The summed E-state index contributed by atoms with van der Waals surface area (Å²) in [7, 11) is 0. The van der Waals surface area contributed by atoms with Crippen LogP contribution in [-0.2, 0) is 27.2 Å². The Bertz CT molecular complexity index is 1040. The number of hydrogen-bond donors (Lipinski definition) is 0. The maximum Gasteiger partial charge on any atom is 0.163 e. The lowest BCUT2D eigenvalue weighted by molar-refractivity contribution is -0.130. The van der Waals surface area contributed by atoms with E-state index in [-0.39, 0.29) is 47.3 Å². The van der Waals surface area contributed by atoms with Gasteiger partial charge in [-0.1, -0.05) is 77.3 Å².